The molecule has 0 aliphatic carbocycles. The second kappa shape index (κ2) is 8.58. The van der Waals surface area contributed by atoms with Gasteiger partial charge in [-0.1, -0.05) is 93.6 Å². The van der Waals surface area contributed by atoms with Crippen LogP contribution in [0.1, 0.15) is 57.4 Å². The standard InChI is InChI=1S/C20H26/c1-2-3-4-5-6-7-8-9-13-18-15-12-16-19-14-10-11-17-20(18)19/h9-17H,2-8H2,1H3. The topological polar surface area (TPSA) is 0 Å². The van der Waals surface area contributed by atoms with Gasteiger partial charge in [0.05, 0.1) is 0 Å². The summed E-state index contributed by atoms with van der Waals surface area (Å²) in [7, 11) is 0. The number of rotatable bonds is 8. The molecule has 0 atom stereocenters. The van der Waals surface area contributed by atoms with E-state index in [1.165, 1.54) is 61.3 Å². The van der Waals surface area contributed by atoms with Crippen LogP contribution in [-0.2, 0) is 0 Å². The van der Waals surface area contributed by atoms with E-state index in [0.717, 1.165) is 0 Å². The lowest BCUT2D eigenvalue weighted by molar-refractivity contribution is 0.611. The van der Waals surface area contributed by atoms with Crippen LogP contribution in [-0.4, -0.2) is 0 Å². The molecule has 20 heavy (non-hydrogen) atoms. The molecule has 2 aromatic rings. The van der Waals surface area contributed by atoms with Crippen molar-refractivity contribution in [3.8, 4) is 0 Å². The Bertz CT molecular complexity index is 531. The lowest BCUT2D eigenvalue weighted by Gasteiger charge is -2.02. The summed E-state index contributed by atoms with van der Waals surface area (Å²) in [6, 6.07) is 15.1. The van der Waals surface area contributed by atoms with E-state index in [1.54, 1.807) is 0 Å². The molecule has 0 aliphatic heterocycles. The first-order valence-electron chi connectivity index (χ1n) is 8.06. The van der Waals surface area contributed by atoms with Crippen molar-refractivity contribution in [1.82, 2.24) is 0 Å². The Balaban J connectivity index is 1.81. The highest BCUT2D eigenvalue weighted by molar-refractivity contribution is 5.90. The molecule has 0 unspecified atom stereocenters. The Hall–Kier alpha value is -1.56. The van der Waals surface area contributed by atoms with Gasteiger partial charge in [0.15, 0.2) is 0 Å². The molecule has 0 fully saturated rings. The fraction of sp³-hybridized carbons (Fsp3) is 0.400. The SMILES string of the molecule is CCCCCCCCC=Cc1cccc2ccccc12. The summed E-state index contributed by atoms with van der Waals surface area (Å²) in [5.41, 5.74) is 1.34. The average molecular weight is 266 g/mol. The van der Waals surface area contributed by atoms with Gasteiger partial charge in [-0.25, -0.2) is 0 Å². The molecule has 0 N–H and O–H groups in total. The van der Waals surface area contributed by atoms with Gasteiger partial charge in [-0.3, -0.25) is 0 Å². The molecule has 0 heterocycles. The highest BCUT2D eigenvalue weighted by Crippen LogP contribution is 2.20. The Morgan fingerprint density at radius 3 is 2.45 bits per heavy atom. The molecule has 2 rings (SSSR count). The third-order valence-corrected chi connectivity index (χ3v) is 3.85. The Kier molecular flexibility index (Phi) is 6.37. The maximum atomic E-state index is 2.33. The molecule has 0 aromatic heterocycles. The molecule has 0 bridgehead atoms. The van der Waals surface area contributed by atoms with Crippen molar-refractivity contribution >= 4 is 16.8 Å². The van der Waals surface area contributed by atoms with Gasteiger partial charge in [-0.15, -0.1) is 0 Å². The lowest BCUT2D eigenvalue weighted by atomic mass is 10.0. The molecule has 0 saturated heterocycles. The zero-order valence-electron chi connectivity index (χ0n) is 12.6. The molecule has 106 valence electrons. The minimum Gasteiger partial charge on any atom is -0.0839 e. The van der Waals surface area contributed by atoms with E-state index in [4.69, 9.17) is 0 Å². The molecule has 0 saturated carbocycles. The van der Waals surface area contributed by atoms with Gasteiger partial charge in [0, 0.05) is 0 Å². The van der Waals surface area contributed by atoms with Crippen LogP contribution in [0.4, 0.5) is 0 Å². The zero-order chi connectivity index (χ0) is 14.0. The highest BCUT2D eigenvalue weighted by atomic mass is 14.0. The van der Waals surface area contributed by atoms with E-state index in [1.807, 2.05) is 0 Å². The Labute approximate surface area is 123 Å². The highest BCUT2D eigenvalue weighted by Gasteiger charge is 1.95. The van der Waals surface area contributed by atoms with Crippen LogP contribution in [0.3, 0.4) is 0 Å². The summed E-state index contributed by atoms with van der Waals surface area (Å²) < 4.78 is 0. The van der Waals surface area contributed by atoms with Crippen molar-refractivity contribution in [2.24, 2.45) is 0 Å². The van der Waals surface area contributed by atoms with Crippen LogP contribution >= 0.6 is 0 Å². The number of hydrogen-bond acceptors (Lipinski definition) is 0. The molecule has 0 heteroatoms. The van der Waals surface area contributed by atoms with Crippen molar-refractivity contribution in [2.45, 2.75) is 51.9 Å². The predicted octanol–water partition coefficient (Wildman–Crippen LogP) is 6.60. The molecule has 0 nitrogen and oxygen atoms in total. The summed E-state index contributed by atoms with van der Waals surface area (Å²) in [6.45, 7) is 2.27. The van der Waals surface area contributed by atoms with Gasteiger partial charge in [0.1, 0.15) is 0 Å². The number of unbranched alkanes of at least 4 members (excludes halogenated alkanes) is 6. The van der Waals surface area contributed by atoms with Crippen molar-refractivity contribution in [3.63, 3.8) is 0 Å². The predicted molar refractivity (Wildman–Crippen MR) is 91.0 cm³/mol. The van der Waals surface area contributed by atoms with Gasteiger partial charge in [-0.2, -0.15) is 0 Å². The summed E-state index contributed by atoms with van der Waals surface area (Å²) in [5, 5.41) is 2.68. The monoisotopic (exact) mass is 266 g/mol. The van der Waals surface area contributed by atoms with Crippen LogP contribution in [0.15, 0.2) is 48.5 Å². The van der Waals surface area contributed by atoms with Crippen molar-refractivity contribution in [1.29, 1.82) is 0 Å². The van der Waals surface area contributed by atoms with E-state index in [2.05, 4.69) is 61.5 Å². The second-order valence-corrected chi connectivity index (χ2v) is 5.53. The van der Waals surface area contributed by atoms with Gasteiger partial charge >= 0.3 is 0 Å². The maximum Gasteiger partial charge on any atom is -0.0112 e. The zero-order valence-corrected chi connectivity index (χ0v) is 12.6. The summed E-state index contributed by atoms with van der Waals surface area (Å²) >= 11 is 0. The normalized spacial score (nSPS) is 11.4. The first-order valence-corrected chi connectivity index (χ1v) is 8.06. The fourth-order valence-corrected chi connectivity index (χ4v) is 2.65. The lowest BCUT2D eigenvalue weighted by Crippen LogP contribution is -1.79. The number of allylic oxidation sites excluding steroid dienone is 1. The van der Waals surface area contributed by atoms with Gasteiger partial charge in [0.2, 0.25) is 0 Å². The molecule has 0 radical (unpaired) electrons. The molecule has 2 aromatic carbocycles. The summed E-state index contributed by atoms with van der Waals surface area (Å²) in [5.74, 6) is 0. The van der Waals surface area contributed by atoms with Crippen LogP contribution in [0.25, 0.3) is 16.8 Å². The van der Waals surface area contributed by atoms with Gasteiger partial charge in [0.25, 0.3) is 0 Å². The molecule has 0 aliphatic rings. The van der Waals surface area contributed by atoms with Gasteiger partial charge in [-0.05, 0) is 29.2 Å². The van der Waals surface area contributed by atoms with E-state index >= 15 is 0 Å². The first-order chi connectivity index (χ1) is 9.92. The van der Waals surface area contributed by atoms with E-state index < -0.39 is 0 Å². The maximum absolute atomic E-state index is 2.33. The van der Waals surface area contributed by atoms with Crippen molar-refractivity contribution < 1.29 is 0 Å². The van der Waals surface area contributed by atoms with E-state index in [-0.39, 0.29) is 0 Å². The smallest absolute Gasteiger partial charge is 0.0112 e. The number of benzene rings is 2. The average Bonchev–Trinajstić information content (AvgIpc) is 2.50. The van der Waals surface area contributed by atoms with Gasteiger partial charge < -0.3 is 0 Å². The summed E-state index contributed by atoms with van der Waals surface area (Å²) in [6.07, 6.45) is 14.1. The molecule has 0 amide bonds. The van der Waals surface area contributed by atoms with Crippen LogP contribution < -0.4 is 0 Å². The fourth-order valence-electron chi connectivity index (χ4n) is 2.65. The Morgan fingerprint density at radius 2 is 1.55 bits per heavy atom. The third-order valence-electron chi connectivity index (χ3n) is 3.85. The minimum atomic E-state index is 1.20. The largest absolute Gasteiger partial charge is 0.0839 e. The van der Waals surface area contributed by atoms with E-state index in [0.29, 0.717) is 0 Å². The van der Waals surface area contributed by atoms with Crippen molar-refractivity contribution in [3.05, 3.63) is 54.1 Å². The molecular formula is C20H26. The quantitative estimate of drug-likeness (QED) is 0.472. The molecule has 0 spiro atoms. The van der Waals surface area contributed by atoms with Crippen LogP contribution in [0.2, 0.25) is 0 Å². The van der Waals surface area contributed by atoms with Crippen LogP contribution in [0.5, 0.6) is 0 Å². The number of fused-ring (bicyclic) bond motifs is 1. The second-order valence-electron chi connectivity index (χ2n) is 5.53. The Morgan fingerprint density at radius 1 is 0.800 bits per heavy atom. The van der Waals surface area contributed by atoms with Crippen LogP contribution in [0, 0.1) is 0 Å². The number of hydrogen-bond donors (Lipinski definition) is 0. The summed E-state index contributed by atoms with van der Waals surface area (Å²) in [4.78, 5) is 0. The third kappa shape index (κ3) is 4.52. The first kappa shape index (κ1) is 14.8. The molecular weight excluding hydrogens is 240 g/mol. The van der Waals surface area contributed by atoms with E-state index in [9.17, 15) is 0 Å². The minimum absolute atomic E-state index is 1.20. The van der Waals surface area contributed by atoms with Crippen molar-refractivity contribution in [2.75, 3.05) is 0 Å².